The third-order valence-corrected chi connectivity index (χ3v) is 4.15. The molecular weight excluding hydrogens is 312 g/mol. The summed E-state index contributed by atoms with van der Waals surface area (Å²) in [5, 5.41) is 6.43. The number of rotatable bonds is 8. The lowest BCUT2D eigenvalue weighted by atomic mass is 10.1. The number of hydrogen-bond acceptors (Lipinski definition) is 5. The van der Waals surface area contributed by atoms with E-state index < -0.39 is 0 Å². The number of nitrogens with one attached hydrogen (secondary N) is 1. The van der Waals surface area contributed by atoms with Crippen molar-refractivity contribution >= 4 is 23.5 Å². The van der Waals surface area contributed by atoms with Gasteiger partial charge in [-0.05, 0) is 38.0 Å². The minimum atomic E-state index is -0.0544. The predicted molar refractivity (Wildman–Crippen MR) is 93.2 cm³/mol. The first kappa shape index (κ1) is 17.4. The summed E-state index contributed by atoms with van der Waals surface area (Å²) in [5.74, 6) is 3.63. The lowest BCUT2D eigenvalue weighted by Crippen LogP contribution is -2.12. The Hall–Kier alpha value is -1.95. The Kier molecular flexibility index (Phi) is 6.52. The summed E-state index contributed by atoms with van der Waals surface area (Å²) in [5.41, 5.74) is 2.33. The molecule has 0 unspecified atom stereocenters. The molecule has 0 fully saturated rings. The van der Waals surface area contributed by atoms with E-state index in [2.05, 4.69) is 29.5 Å². The van der Waals surface area contributed by atoms with Gasteiger partial charge in [-0.2, -0.15) is 11.8 Å². The van der Waals surface area contributed by atoms with Crippen LogP contribution in [0, 0.1) is 20.8 Å². The van der Waals surface area contributed by atoms with E-state index in [0.29, 0.717) is 24.6 Å². The Balaban J connectivity index is 1.58. The Morgan fingerprint density at radius 1 is 1.26 bits per heavy atom. The molecule has 0 aliphatic carbocycles. The summed E-state index contributed by atoms with van der Waals surface area (Å²) < 4.78 is 10.7. The average Bonchev–Trinajstić information content (AvgIpc) is 2.91. The van der Waals surface area contributed by atoms with Crippen LogP contribution in [0.4, 0.5) is 5.82 Å². The monoisotopic (exact) mass is 334 g/mol. The summed E-state index contributed by atoms with van der Waals surface area (Å²) in [6, 6.07) is 7.89. The highest BCUT2D eigenvalue weighted by molar-refractivity contribution is 7.99. The Labute approximate surface area is 140 Å². The summed E-state index contributed by atoms with van der Waals surface area (Å²) in [6.07, 6.45) is 0.444. The van der Waals surface area contributed by atoms with Gasteiger partial charge in [-0.3, -0.25) is 4.79 Å². The molecule has 1 aromatic heterocycles. The van der Waals surface area contributed by atoms with Crippen LogP contribution in [-0.4, -0.2) is 29.2 Å². The fourth-order valence-corrected chi connectivity index (χ4v) is 2.71. The van der Waals surface area contributed by atoms with Gasteiger partial charge in [-0.25, -0.2) is 0 Å². The van der Waals surface area contributed by atoms with Crippen molar-refractivity contribution < 1.29 is 14.1 Å². The van der Waals surface area contributed by atoms with Crippen molar-refractivity contribution in [2.45, 2.75) is 27.2 Å². The van der Waals surface area contributed by atoms with Gasteiger partial charge in [0.1, 0.15) is 11.5 Å². The van der Waals surface area contributed by atoms with E-state index >= 15 is 0 Å². The molecule has 0 saturated heterocycles. The highest BCUT2D eigenvalue weighted by Crippen LogP contribution is 2.19. The van der Waals surface area contributed by atoms with Gasteiger partial charge in [0.05, 0.1) is 6.61 Å². The number of ether oxygens (including phenoxy) is 1. The van der Waals surface area contributed by atoms with Crippen LogP contribution in [0.3, 0.4) is 0 Å². The molecule has 0 atom stereocenters. The van der Waals surface area contributed by atoms with Crippen LogP contribution >= 0.6 is 11.8 Å². The van der Waals surface area contributed by atoms with Crippen molar-refractivity contribution in [1.29, 1.82) is 0 Å². The summed E-state index contributed by atoms with van der Waals surface area (Å²) in [6.45, 7) is 6.52. The van der Waals surface area contributed by atoms with E-state index in [1.165, 1.54) is 5.56 Å². The fourth-order valence-electron chi connectivity index (χ4n) is 1.97. The lowest BCUT2D eigenvalue weighted by molar-refractivity contribution is -0.115. The van der Waals surface area contributed by atoms with Gasteiger partial charge in [0.15, 0.2) is 5.82 Å². The highest BCUT2D eigenvalue weighted by Gasteiger charge is 2.06. The van der Waals surface area contributed by atoms with Crippen LogP contribution in [0.5, 0.6) is 5.75 Å². The molecule has 1 amide bonds. The number of aromatic nitrogens is 1. The first-order valence-corrected chi connectivity index (χ1v) is 8.71. The van der Waals surface area contributed by atoms with E-state index in [9.17, 15) is 4.79 Å². The summed E-state index contributed by atoms with van der Waals surface area (Å²) in [4.78, 5) is 11.7. The molecule has 6 heteroatoms. The molecule has 0 spiro atoms. The summed E-state index contributed by atoms with van der Waals surface area (Å²) >= 11 is 1.70. The molecule has 2 aromatic rings. The molecule has 124 valence electrons. The van der Waals surface area contributed by atoms with Crippen LogP contribution in [0.2, 0.25) is 0 Å². The topological polar surface area (TPSA) is 64.4 Å². The van der Waals surface area contributed by atoms with Gasteiger partial charge in [-0.1, -0.05) is 17.3 Å². The number of nitrogens with zero attached hydrogens (tertiary/aromatic N) is 1. The SMILES string of the molecule is Cc1ccc(C)c(OCCSCCC(=O)Nc2cc(C)on2)c1. The maximum Gasteiger partial charge on any atom is 0.226 e. The molecule has 0 aliphatic rings. The maximum atomic E-state index is 11.7. The van der Waals surface area contributed by atoms with Gasteiger partial charge in [0.2, 0.25) is 5.91 Å². The largest absolute Gasteiger partial charge is 0.492 e. The molecule has 0 saturated carbocycles. The first-order valence-electron chi connectivity index (χ1n) is 7.55. The number of aryl methyl sites for hydroxylation is 3. The van der Waals surface area contributed by atoms with Crippen molar-refractivity contribution in [2.24, 2.45) is 0 Å². The number of anilines is 1. The molecule has 5 nitrogen and oxygen atoms in total. The van der Waals surface area contributed by atoms with Gasteiger partial charge in [0.25, 0.3) is 0 Å². The molecule has 1 aromatic carbocycles. The smallest absolute Gasteiger partial charge is 0.226 e. The van der Waals surface area contributed by atoms with Crippen molar-refractivity contribution in [1.82, 2.24) is 5.16 Å². The second-order valence-electron chi connectivity index (χ2n) is 5.35. The standard InChI is InChI=1S/C17H22N2O3S/c1-12-4-5-13(2)15(10-12)21-7-9-23-8-6-17(20)18-16-11-14(3)22-19-16/h4-5,10-11H,6-9H2,1-3H3,(H,18,19,20). The zero-order valence-electron chi connectivity index (χ0n) is 13.7. The van der Waals surface area contributed by atoms with Gasteiger partial charge in [0, 0.05) is 24.0 Å². The zero-order chi connectivity index (χ0) is 16.7. The number of amides is 1. The first-order chi connectivity index (χ1) is 11.0. The Morgan fingerprint density at radius 3 is 2.83 bits per heavy atom. The predicted octanol–water partition coefficient (Wildman–Crippen LogP) is 3.74. The van der Waals surface area contributed by atoms with Gasteiger partial charge >= 0.3 is 0 Å². The van der Waals surface area contributed by atoms with Crippen molar-refractivity contribution in [3.63, 3.8) is 0 Å². The van der Waals surface area contributed by atoms with E-state index in [1.54, 1.807) is 24.8 Å². The van der Waals surface area contributed by atoms with Crippen LogP contribution in [0.25, 0.3) is 0 Å². The number of thioether (sulfide) groups is 1. The van der Waals surface area contributed by atoms with Crippen molar-refractivity contribution in [2.75, 3.05) is 23.4 Å². The third-order valence-electron chi connectivity index (χ3n) is 3.20. The van der Waals surface area contributed by atoms with E-state index in [-0.39, 0.29) is 5.91 Å². The fraction of sp³-hybridized carbons (Fsp3) is 0.412. The molecule has 1 N–H and O–H groups in total. The van der Waals surface area contributed by atoms with Crippen LogP contribution in [0.1, 0.15) is 23.3 Å². The van der Waals surface area contributed by atoms with Crippen LogP contribution in [-0.2, 0) is 4.79 Å². The normalized spacial score (nSPS) is 10.6. The second-order valence-corrected chi connectivity index (χ2v) is 6.58. The minimum absolute atomic E-state index is 0.0544. The van der Waals surface area contributed by atoms with E-state index in [4.69, 9.17) is 9.26 Å². The maximum absolute atomic E-state index is 11.7. The molecule has 23 heavy (non-hydrogen) atoms. The Morgan fingerprint density at radius 2 is 2.09 bits per heavy atom. The number of hydrogen-bond donors (Lipinski definition) is 1. The third kappa shape index (κ3) is 5.98. The Bertz CT molecular complexity index is 655. The van der Waals surface area contributed by atoms with Crippen LogP contribution < -0.4 is 10.1 Å². The van der Waals surface area contributed by atoms with Gasteiger partial charge in [-0.15, -0.1) is 0 Å². The van der Waals surface area contributed by atoms with Crippen molar-refractivity contribution in [3.05, 3.63) is 41.2 Å². The number of carbonyl (C=O) groups excluding carboxylic acids is 1. The minimum Gasteiger partial charge on any atom is -0.492 e. The molecule has 0 radical (unpaired) electrons. The second kappa shape index (κ2) is 8.62. The molecule has 2 rings (SSSR count). The molecule has 1 heterocycles. The molecular formula is C17H22N2O3S. The molecule has 0 bridgehead atoms. The average molecular weight is 334 g/mol. The highest BCUT2D eigenvalue weighted by atomic mass is 32.2. The quantitative estimate of drug-likeness (QED) is 0.745. The summed E-state index contributed by atoms with van der Waals surface area (Å²) in [7, 11) is 0. The molecule has 0 aliphatic heterocycles. The number of carbonyl (C=O) groups is 1. The number of benzene rings is 1. The van der Waals surface area contributed by atoms with Gasteiger partial charge < -0.3 is 14.6 Å². The van der Waals surface area contributed by atoms with E-state index in [1.807, 2.05) is 13.0 Å². The van der Waals surface area contributed by atoms with Crippen molar-refractivity contribution in [3.8, 4) is 5.75 Å². The zero-order valence-corrected chi connectivity index (χ0v) is 14.5. The van der Waals surface area contributed by atoms with Crippen LogP contribution in [0.15, 0.2) is 28.8 Å². The van der Waals surface area contributed by atoms with E-state index in [0.717, 1.165) is 22.8 Å². The lowest BCUT2D eigenvalue weighted by Gasteiger charge is -2.09.